The molecule has 8 heteroatoms. The third-order valence-corrected chi connectivity index (χ3v) is 3.25. The molecule has 0 saturated carbocycles. The molecule has 26 heavy (non-hydrogen) atoms. The molecular formula is C18H25F2N3O3. The molecule has 2 rings (SSSR count). The third-order valence-electron chi connectivity index (χ3n) is 3.25. The van der Waals surface area contributed by atoms with Crippen molar-refractivity contribution in [3.63, 3.8) is 0 Å². The summed E-state index contributed by atoms with van der Waals surface area (Å²) in [6.07, 6.45) is 2.83. The number of benzene rings is 1. The van der Waals surface area contributed by atoms with Gasteiger partial charge in [-0.25, -0.2) is 18.3 Å². The van der Waals surface area contributed by atoms with Crippen molar-refractivity contribution in [3.05, 3.63) is 29.8 Å². The van der Waals surface area contributed by atoms with Crippen LogP contribution >= 0.6 is 0 Å². The first-order chi connectivity index (χ1) is 12.5. The molecule has 1 aromatic carbocycles. The molecule has 0 spiro atoms. The second-order valence-corrected chi connectivity index (χ2v) is 5.18. The van der Waals surface area contributed by atoms with E-state index in [1.807, 2.05) is 13.8 Å². The topological polar surface area (TPSA) is 66.2 Å². The van der Waals surface area contributed by atoms with Crippen molar-refractivity contribution >= 4 is 5.97 Å². The second-order valence-electron chi connectivity index (χ2n) is 5.18. The van der Waals surface area contributed by atoms with Gasteiger partial charge in [0.25, 0.3) is 0 Å². The standard InChI is InChI=1S/C16H19F2N3O3.C2H6/c1-3-4-5-8-23-14(22)10-24-16-19-15(21(2)20-16)12-7-6-11(17)9-13(12)18;1-2/h6-7,9H,3-5,8,10H2,1-2H3;1-2H3. The number of esters is 1. The Balaban J connectivity index is 0.00000163. The van der Waals surface area contributed by atoms with Crippen LogP contribution in [0.15, 0.2) is 18.2 Å². The Kier molecular flexibility index (Phi) is 9.25. The molecule has 0 N–H and O–H groups in total. The van der Waals surface area contributed by atoms with Gasteiger partial charge in [0.2, 0.25) is 0 Å². The molecule has 1 heterocycles. The van der Waals surface area contributed by atoms with E-state index in [-0.39, 0.29) is 24.0 Å². The van der Waals surface area contributed by atoms with E-state index >= 15 is 0 Å². The molecule has 0 amide bonds. The fraction of sp³-hybridized carbons (Fsp3) is 0.500. The lowest BCUT2D eigenvalue weighted by Crippen LogP contribution is -2.16. The number of hydrogen-bond donors (Lipinski definition) is 0. The summed E-state index contributed by atoms with van der Waals surface area (Å²) < 4.78 is 38.2. The number of hydrogen-bond acceptors (Lipinski definition) is 5. The highest BCUT2D eigenvalue weighted by molar-refractivity contribution is 5.71. The Labute approximate surface area is 152 Å². The maximum atomic E-state index is 13.8. The van der Waals surface area contributed by atoms with Crippen molar-refractivity contribution < 1.29 is 23.0 Å². The van der Waals surface area contributed by atoms with E-state index in [0.717, 1.165) is 31.4 Å². The number of carbonyl (C=O) groups excluding carboxylic acids is 1. The third kappa shape index (κ3) is 6.42. The fourth-order valence-corrected chi connectivity index (χ4v) is 2.03. The molecule has 0 atom stereocenters. The number of rotatable bonds is 8. The first-order valence-corrected chi connectivity index (χ1v) is 8.66. The molecule has 0 bridgehead atoms. The van der Waals surface area contributed by atoms with Crippen molar-refractivity contribution in [2.45, 2.75) is 40.0 Å². The number of halogens is 2. The maximum absolute atomic E-state index is 13.8. The largest absolute Gasteiger partial charge is 0.463 e. The molecule has 0 saturated heterocycles. The molecule has 0 unspecified atom stereocenters. The van der Waals surface area contributed by atoms with E-state index in [9.17, 15) is 13.6 Å². The van der Waals surface area contributed by atoms with Crippen LogP contribution in [0.2, 0.25) is 0 Å². The molecule has 0 aliphatic rings. The highest BCUT2D eigenvalue weighted by Crippen LogP contribution is 2.22. The van der Waals surface area contributed by atoms with E-state index in [2.05, 4.69) is 17.0 Å². The van der Waals surface area contributed by atoms with Gasteiger partial charge in [-0.2, -0.15) is 4.98 Å². The number of ether oxygens (including phenoxy) is 2. The number of nitrogens with zero attached hydrogens (tertiary/aromatic N) is 3. The van der Waals surface area contributed by atoms with Crippen LogP contribution < -0.4 is 4.74 Å². The SMILES string of the molecule is CC.CCCCCOC(=O)COc1nc(-c2ccc(F)cc2F)n(C)n1. The lowest BCUT2D eigenvalue weighted by Gasteiger charge is -2.03. The Morgan fingerprint density at radius 3 is 2.62 bits per heavy atom. The van der Waals surface area contributed by atoms with Crippen LogP contribution in [0.3, 0.4) is 0 Å². The monoisotopic (exact) mass is 369 g/mol. The van der Waals surface area contributed by atoms with Crippen LogP contribution in [0.5, 0.6) is 6.01 Å². The normalized spacial score (nSPS) is 10.1. The average Bonchev–Trinajstić information content (AvgIpc) is 2.99. The molecule has 0 radical (unpaired) electrons. The van der Waals surface area contributed by atoms with Gasteiger partial charge >= 0.3 is 12.0 Å². The molecule has 0 aliphatic heterocycles. The van der Waals surface area contributed by atoms with E-state index < -0.39 is 17.6 Å². The van der Waals surface area contributed by atoms with E-state index in [0.29, 0.717) is 6.61 Å². The Morgan fingerprint density at radius 2 is 1.96 bits per heavy atom. The summed E-state index contributed by atoms with van der Waals surface area (Å²) in [5.74, 6) is -1.79. The second kappa shape index (κ2) is 11.2. The summed E-state index contributed by atoms with van der Waals surface area (Å²) in [6.45, 7) is 6.07. The summed E-state index contributed by atoms with van der Waals surface area (Å²) in [5.41, 5.74) is 0.0865. The quantitative estimate of drug-likeness (QED) is 0.521. The van der Waals surface area contributed by atoms with Crippen LogP contribution in [0, 0.1) is 11.6 Å². The van der Waals surface area contributed by atoms with E-state index in [4.69, 9.17) is 9.47 Å². The summed E-state index contributed by atoms with van der Waals surface area (Å²) in [4.78, 5) is 15.5. The molecule has 1 aromatic heterocycles. The minimum absolute atomic E-state index is 0.0817. The minimum Gasteiger partial charge on any atom is -0.463 e. The summed E-state index contributed by atoms with van der Waals surface area (Å²) in [5, 5.41) is 3.95. The number of aryl methyl sites for hydroxylation is 1. The highest BCUT2D eigenvalue weighted by Gasteiger charge is 2.16. The highest BCUT2D eigenvalue weighted by atomic mass is 19.1. The minimum atomic E-state index is -0.757. The van der Waals surface area contributed by atoms with Gasteiger partial charge in [-0.1, -0.05) is 33.6 Å². The lowest BCUT2D eigenvalue weighted by atomic mass is 10.2. The van der Waals surface area contributed by atoms with Crippen LogP contribution in [-0.2, 0) is 16.6 Å². The average molecular weight is 369 g/mol. The van der Waals surface area contributed by atoms with Crippen LogP contribution in [-0.4, -0.2) is 33.9 Å². The van der Waals surface area contributed by atoms with Gasteiger partial charge in [0.1, 0.15) is 11.6 Å². The zero-order valence-electron chi connectivity index (χ0n) is 15.6. The van der Waals surface area contributed by atoms with Gasteiger partial charge in [-0.3, -0.25) is 0 Å². The van der Waals surface area contributed by atoms with Crippen molar-refractivity contribution in [1.82, 2.24) is 14.8 Å². The van der Waals surface area contributed by atoms with Gasteiger partial charge in [-0.15, -0.1) is 5.10 Å². The summed E-state index contributed by atoms with van der Waals surface area (Å²) >= 11 is 0. The van der Waals surface area contributed by atoms with Crippen molar-refractivity contribution in [2.75, 3.05) is 13.2 Å². The van der Waals surface area contributed by atoms with Crippen molar-refractivity contribution in [1.29, 1.82) is 0 Å². The van der Waals surface area contributed by atoms with Gasteiger partial charge in [0.15, 0.2) is 12.4 Å². The zero-order chi connectivity index (χ0) is 19.5. The predicted octanol–water partition coefficient (Wildman–Crippen LogP) is 3.90. The van der Waals surface area contributed by atoms with Gasteiger partial charge in [0, 0.05) is 13.1 Å². The summed E-state index contributed by atoms with van der Waals surface area (Å²) in [7, 11) is 1.54. The summed E-state index contributed by atoms with van der Waals surface area (Å²) in [6, 6.07) is 3.07. The molecule has 0 fully saturated rings. The zero-order valence-corrected chi connectivity index (χ0v) is 15.6. The number of unbranched alkanes of at least 4 members (excludes halogenated alkanes) is 2. The Morgan fingerprint density at radius 1 is 1.23 bits per heavy atom. The molecule has 6 nitrogen and oxygen atoms in total. The smallest absolute Gasteiger partial charge is 0.344 e. The number of aromatic nitrogens is 3. The molecular weight excluding hydrogens is 344 g/mol. The maximum Gasteiger partial charge on any atom is 0.344 e. The number of carbonyl (C=O) groups is 1. The molecule has 0 aliphatic carbocycles. The molecule has 2 aromatic rings. The first kappa shape index (κ1) is 21.5. The van der Waals surface area contributed by atoms with E-state index in [1.54, 1.807) is 7.05 Å². The van der Waals surface area contributed by atoms with Gasteiger partial charge in [-0.05, 0) is 18.6 Å². The van der Waals surface area contributed by atoms with Gasteiger partial charge in [0.05, 0.1) is 12.2 Å². The van der Waals surface area contributed by atoms with Gasteiger partial charge < -0.3 is 9.47 Å². The lowest BCUT2D eigenvalue weighted by molar-refractivity contribution is -0.146. The van der Waals surface area contributed by atoms with E-state index in [1.165, 1.54) is 10.7 Å². The van der Waals surface area contributed by atoms with Crippen molar-refractivity contribution in [2.24, 2.45) is 7.05 Å². The molecule has 144 valence electrons. The first-order valence-electron chi connectivity index (χ1n) is 8.66. The van der Waals surface area contributed by atoms with Crippen LogP contribution in [0.4, 0.5) is 8.78 Å². The van der Waals surface area contributed by atoms with Crippen LogP contribution in [0.1, 0.15) is 40.0 Å². The van der Waals surface area contributed by atoms with Crippen LogP contribution in [0.25, 0.3) is 11.4 Å². The predicted molar refractivity (Wildman–Crippen MR) is 93.7 cm³/mol. The Bertz CT molecular complexity index is 705. The van der Waals surface area contributed by atoms with Crippen molar-refractivity contribution in [3.8, 4) is 17.4 Å². The fourth-order valence-electron chi connectivity index (χ4n) is 2.03. The Hall–Kier alpha value is -2.51.